The minimum Gasteiger partial charge on any atom is -0.497 e. The first-order chi connectivity index (χ1) is 10.8. The van der Waals surface area contributed by atoms with E-state index in [1.54, 1.807) is 7.11 Å². The zero-order valence-corrected chi connectivity index (χ0v) is 13.1. The molecular formula is C18H23N3O. The number of rotatable bonds is 5. The number of ether oxygens (including phenoxy) is 1. The van der Waals surface area contributed by atoms with Crippen molar-refractivity contribution in [3.05, 3.63) is 59.9 Å². The van der Waals surface area contributed by atoms with Gasteiger partial charge in [-0.2, -0.15) is 0 Å². The Morgan fingerprint density at radius 2 is 1.55 bits per heavy atom. The Balaban J connectivity index is 1.47. The third-order valence-electron chi connectivity index (χ3n) is 4.16. The molecule has 0 saturated carbocycles. The third-order valence-corrected chi connectivity index (χ3v) is 4.16. The average molecular weight is 297 g/mol. The normalized spacial score (nSPS) is 16.6. The second-order valence-corrected chi connectivity index (χ2v) is 5.76. The highest BCUT2D eigenvalue weighted by atomic mass is 16.5. The van der Waals surface area contributed by atoms with Crippen molar-refractivity contribution in [3.63, 3.8) is 0 Å². The highest BCUT2D eigenvalue weighted by molar-refractivity contribution is 5.27. The molecule has 1 aliphatic rings. The van der Waals surface area contributed by atoms with Gasteiger partial charge in [-0.1, -0.05) is 18.2 Å². The van der Waals surface area contributed by atoms with E-state index in [1.807, 2.05) is 30.6 Å². The Labute approximate surface area is 132 Å². The van der Waals surface area contributed by atoms with Gasteiger partial charge in [-0.15, -0.1) is 0 Å². The van der Waals surface area contributed by atoms with Crippen LogP contribution in [-0.2, 0) is 13.1 Å². The van der Waals surface area contributed by atoms with E-state index in [0.717, 1.165) is 45.0 Å². The molecule has 4 heteroatoms. The molecule has 1 aromatic carbocycles. The molecule has 4 nitrogen and oxygen atoms in total. The number of methoxy groups -OCH3 is 1. The Bertz CT molecular complexity index is 563. The van der Waals surface area contributed by atoms with Crippen LogP contribution in [0.25, 0.3) is 0 Å². The van der Waals surface area contributed by atoms with Crippen molar-refractivity contribution >= 4 is 0 Å². The van der Waals surface area contributed by atoms with Crippen LogP contribution in [0.1, 0.15) is 11.1 Å². The summed E-state index contributed by atoms with van der Waals surface area (Å²) in [6.07, 6.45) is 3.79. The highest BCUT2D eigenvalue weighted by Crippen LogP contribution is 2.14. The molecule has 1 fully saturated rings. The van der Waals surface area contributed by atoms with Crippen molar-refractivity contribution in [1.29, 1.82) is 0 Å². The molecule has 2 heterocycles. The van der Waals surface area contributed by atoms with Gasteiger partial charge in [-0.05, 0) is 29.3 Å². The zero-order valence-electron chi connectivity index (χ0n) is 13.1. The van der Waals surface area contributed by atoms with Gasteiger partial charge in [0.15, 0.2) is 0 Å². The van der Waals surface area contributed by atoms with Crippen molar-refractivity contribution in [2.24, 2.45) is 0 Å². The van der Waals surface area contributed by atoms with Gasteiger partial charge in [-0.25, -0.2) is 0 Å². The number of benzene rings is 1. The van der Waals surface area contributed by atoms with E-state index in [-0.39, 0.29) is 0 Å². The third kappa shape index (κ3) is 4.06. The highest BCUT2D eigenvalue weighted by Gasteiger charge is 2.17. The minimum absolute atomic E-state index is 0.921. The molecule has 0 aliphatic carbocycles. The first-order valence-corrected chi connectivity index (χ1v) is 7.80. The monoisotopic (exact) mass is 297 g/mol. The van der Waals surface area contributed by atoms with E-state index < -0.39 is 0 Å². The summed E-state index contributed by atoms with van der Waals surface area (Å²) in [6.45, 7) is 6.49. The summed E-state index contributed by atoms with van der Waals surface area (Å²) in [5.41, 5.74) is 2.65. The van der Waals surface area contributed by atoms with Crippen molar-refractivity contribution in [3.8, 4) is 5.75 Å². The molecule has 0 N–H and O–H groups in total. The lowest BCUT2D eigenvalue weighted by molar-refractivity contribution is 0.122. The maximum atomic E-state index is 5.20. The number of piperazine rings is 1. The molecule has 1 aromatic heterocycles. The van der Waals surface area contributed by atoms with Gasteiger partial charge in [0.2, 0.25) is 0 Å². The quantitative estimate of drug-likeness (QED) is 0.847. The Hall–Kier alpha value is -1.91. The molecule has 22 heavy (non-hydrogen) atoms. The van der Waals surface area contributed by atoms with E-state index >= 15 is 0 Å². The van der Waals surface area contributed by atoms with Crippen molar-refractivity contribution in [1.82, 2.24) is 14.8 Å². The maximum absolute atomic E-state index is 5.20. The Morgan fingerprint density at radius 3 is 2.09 bits per heavy atom. The van der Waals surface area contributed by atoms with Crippen molar-refractivity contribution < 1.29 is 4.74 Å². The molecule has 0 spiro atoms. The van der Waals surface area contributed by atoms with Crippen LogP contribution in [0, 0.1) is 0 Å². The van der Waals surface area contributed by atoms with Gasteiger partial charge in [0.05, 0.1) is 7.11 Å². The minimum atomic E-state index is 0.921. The summed E-state index contributed by atoms with van der Waals surface area (Å²) < 4.78 is 5.20. The van der Waals surface area contributed by atoms with Crippen LogP contribution < -0.4 is 4.74 Å². The first kappa shape index (κ1) is 15.0. The average Bonchev–Trinajstić information content (AvgIpc) is 2.58. The topological polar surface area (TPSA) is 28.6 Å². The maximum Gasteiger partial charge on any atom is 0.118 e. The number of pyridine rings is 1. The summed E-state index contributed by atoms with van der Waals surface area (Å²) in [5.74, 6) is 0.921. The zero-order chi connectivity index (χ0) is 15.2. The summed E-state index contributed by atoms with van der Waals surface area (Å²) >= 11 is 0. The molecule has 1 aliphatic heterocycles. The van der Waals surface area contributed by atoms with E-state index in [2.05, 4.69) is 33.0 Å². The van der Waals surface area contributed by atoms with Crippen LogP contribution in [0.2, 0.25) is 0 Å². The summed E-state index contributed by atoms with van der Waals surface area (Å²) in [6, 6.07) is 12.5. The Morgan fingerprint density at radius 1 is 0.909 bits per heavy atom. The van der Waals surface area contributed by atoms with Gasteiger partial charge < -0.3 is 4.74 Å². The van der Waals surface area contributed by atoms with Crippen molar-refractivity contribution in [2.75, 3.05) is 33.3 Å². The van der Waals surface area contributed by atoms with Crippen LogP contribution in [0.3, 0.4) is 0 Å². The lowest BCUT2D eigenvalue weighted by Gasteiger charge is -2.34. The summed E-state index contributed by atoms with van der Waals surface area (Å²) in [5, 5.41) is 0. The second-order valence-electron chi connectivity index (χ2n) is 5.76. The van der Waals surface area contributed by atoms with Crippen LogP contribution in [0.4, 0.5) is 0 Å². The SMILES string of the molecule is COc1ccc(CN2CCN(Cc3cccnc3)CC2)cc1. The smallest absolute Gasteiger partial charge is 0.118 e. The van der Waals surface area contributed by atoms with E-state index in [9.17, 15) is 0 Å². The molecule has 0 amide bonds. The first-order valence-electron chi connectivity index (χ1n) is 7.80. The molecule has 116 valence electrons. The molecule has 0 radical (unpaired) electrons. The predicted octanol–water partition coefficient (Wildman–Crippen LogP) is 2.41. The molecule has 2 aromatic rings. The molecular weight excluding hydrogens is 274 g/mol. The van der Waals surface area contributed by atoms with E-state index in [4.69, 9.17) is 4.74 Å². The van der Waals surface area contributed by atoms with Crippen LogP contribution >= 0.6 is 0 Å². The van der Waals surface area contributed by atoms with Gasteiger partial charge in [0.1, 0.15) is 5.75 Å². The lowest BCUT2D eigenvalue weighted by Crippen LogP contribution is -2.45. The number of hydrogen-bond donors (Lipinski definition) is 0. The largest absolute Gasteiger partial charge is 0.497 e. The lowest BCUT2D eigenvalue weighted by atomic mass is 10.2. The van der Waals surface area contributed by atoms with Gasteiger partial charge >= 0.3 is 0 Å². The summed E-state index contributed by atoms with van der Waals surface area (Å²) in [7, 11) is 1.70. The molecule has 3 rings (SSSR count). The number of aromatic nitrogens is 1. The second kappa shape index (κ2) is 7.38. The van der Waals surface area contributed by atoms with E-state index in [0.29, 0.717) is 0 Å². The van der Waals surface area contributed by atoms with Crippen LogP contribution in [-0.4, -0.2) is 48.1 Å². The van der Waals surface area contributed by atoms with Crippen molar-refractivity contribution in [2.45, 2.75) is 13.1 Å². The van der Waals surface area contributed by atoms with Gasteiger partial charge in [0, 0.05) is 51.7 Å². The predicted molar refractivity (Wildman–Crippen MR) is 87.8 cm³/mol. The summed E-state index contributed by atoms with van der Waals surface area (Å²) in [4.78, 5) is 9.20. The molecule has 0 unspecified atom stereocenters. The fourth-order valence-electron chi connectivity index (χ4n) is 2.84. The van der Waals surface area contributed by atoms with Gasteiger partial charge in [-0.3, -0.25) is 14.8 Å². The molecule has 0 atom stereocenters. The number of nitrogens with zero attached hydrogens (tertiary/aromatic N) is 3. The number of hydrogen-bond acceptors (Lipinski definition) is 4. The molecule has 0 bridgehead atoms. The Kier molecular flexibility index (Phi) is 5.03. The standard InChI is InChI=1S/C18H23N3O/c1-22-18-6-4-16(5-7-18)14-20-9-11-21(12-10-20)15-17-3-2-8-19-13-17/h2-8,13H,9-12,14-15H2,1H3. The van der Waals surface area contributed by atoms with Gasteiger partial charge in [0.25, 0.3) is 0 Å². The molecule has 1 saturated heterocycles. The fourth-order valence-corrected chi connectivity index (χ4v) is 2.84. The fraction of sp³-hybridized carbons (Fsp3) is 0.389. The van der Waals surface area contributed by atoms with Crippen LogP contribution in [0.5, 0.6) is 5.75 Å². The van der Waals surface area contributed by atoms with Crippen LogP contribution in [0.15, 0.2) is 48.8 Å². The van der Waals surface area contributed by atoms with E-state index in [1.165, 1.54) is 11.1 Å².